The van der Waals surface area contributed by atoms with Gasteiger partial charge in [0.2, 0.25) is 0 Å². The first-order valence-corrected chi connectivity index (χ1v) is 17.4. The first-order valence-electron chi connectivity index (χ1n) is 16.5. The monoisotopic (exact) mass is 826 g/mol. The molecule has 3 aromatic carbocycles. The molecule has 6 heteroatoms. The maximum Gasteiger partial charge on any atom is 0.164 e. The minimum Gasteiger partial charge on any atom is -0.512 e. The van der Waals surface area contributed by atoms with Crippen LogP contribution >= 0.6 is 11.3 Å². The molecule has 0 atom stereocenters. The first kappa shape index (κ1) is 38.3. The van der Waals surface area contributed by atoms with Crippen LogP contribution in [0.15, 0.2) is 84.2 Å². The third-order valence-corrected chi connectivity index (χ3v) is 10.8. The van der Waals surface area contributed by atoms with Crippen molar-refractivity contribution in [3.63, 3.8) is 0 Å². The van der Waals surface area contributed by atoms with E-state index in [1.165, 1.54) is 27.1 Å². The Labute approximate surface area is 299 Å². The van der Waals surface area contributed by atoms with Crippen LogP contribution in [-0.4, -0.2) is 20.9 Å². The summed E-state index contributed by atoms with van der Waals surface area (Å²) >= 11 is 1.75. The van der Waals surface area contributed by atoms with Gasteiger partial charge in [-0.3, -0.25) is 9.78 Å². The van der Waals surface area contributed by atoms with Gasteiger partial charge in [-0.1, -0.05) is 110 Å². The topological polar surface area (TPSA) is 63.1 Å². The number of nitrogens with zero attached hydrogens (tertiary/aromatic N) is 2. The molecule has 0 bridgehead atoms. The number of allylic oxidation sites excluding steroid dienone is 2. The van der Waals surface area contributed by atoms with Crippen molar-refractivity contribution in [2.75, 3.05) is 0 Å². The van der Waals surface area contributed by atoms with E-state index in [0.717, 1.165) is 53.6 Å². The molecule has 0 spiro atoms. The zero-order valence-corrected chi connectivity index (χ0v) is 32.5. The fourth-order valence-electron chi connectivity index (χ4n) is 5.50. The molecule has 0 aliphatic rings. The average molecular weight is 826 g/mol. The standard InChI is InChI=1S/C26H21N2S.C15H28O2.Ir/c1-26(2,3)22-13-18(12-17-8-4-5-9-19(17)22)23-14-24(28-16-27-23)21-15-29-25-11-7-6-10-20(21)25;1-7-14(5,8-2)12(16)11-13(17)15(6,9-3)10-4;/h4-11,13-16H,1-3H3;11,16H,7-10H2,1-6H3;/q-1;;/b;12-11-;. The van der Waals surface area contributed by atoms with Crippen LogP contribution in [0.5, 0.6) is 0 Å². The van der Waals surface area contributed by atoms with Crippen molar-refractivity contribution >= 4 is 38.0 Å². The van der Waals surface area contributed by atoms with Crippen LogP contribution in [0.3, 0.4) is 0 Å². The van der Waals surface area contributed by atoms with E-state index in [2.05, 4.69) is 103 Å². The largest absolute Gasteiger partial charge is 0.512 e. The quantitative estimate of drug-likeness (QED) is 0.0913. The van der Waals surface area contributed by atoms with E-state index in [0.29, 0.717) is 0 Å². The Morgan fingerprint density at radius 1 is 0.809 bits per heavy atom. The molecule has 4 nitrogen and oxygen atoms in total. The summed E-state index contributed by atoms with van der Waals surface area (Å²) in [6.45, 7) is 18.8. The third kappa shape index (κ3) is 8.46. The van der Waals surface area contributed by atoms with E-state index in [1.807, 2.05) is 41.5 Å². The van der Waals surface area contributed by atoms with Crippen LogP contribution in [0, 0.1) is 16.9 Å². The molecule has 5 rings (SSSR count). The number of rotatable bonds is 9. The summed E-state index contributed by atoms with van der Waals surface area (Å²) in [6, 6.07) is 24.8. The molecule has 0 saturated heterocycles. The van der Waals surface area contributed by atoms with Crippen LogP contribution in [0.1, 0.15) is 93.6 Å². The zero-order chi connectivity index (χ0) is 33.7. The fraction of sp³-hybridized carbons (Fsp3) is 0.390. The molecule has 0 amide bonds. The van der Waals surface area contributed by atoms with Crippen molar-refractivity contribution < 1.29 is 30.0 Å². The Morgan fingerprint density at radius 3 is 2.00 bits per heavy atom. The number of benzene rings is 3. The minimum absolute atomic E-state index is 0. The molecule has 0 aliphatic carbocycles. The van der Waals surface area contributed by atoms with E-state index in [1.54, 1.807) is 17.7 Å². The SMILES string of the molecule is CC(C)(C)c1cc(-c2cc(-c3csc4ccccc34)ncn2)[c-]c2ccccc12.CCC(C)(CC)C(=O)/C=C(\O)C(C)(CC)CC.[Ir]. The molecule has 0 saturated carbocycles. The van der Waals surface area contributed by atoms with Gasteiger partial charge in [0.1, 0.15) is 12.1 Å². The van der Waals surface area contributed by atoms with Crippen molar-refractivity contribution in [3.8, 4) is 22.5 Å². The maximum absolute atomic E-state index is 12.2. The van der Waals surface area contributed by atoms with Crippen molar-refractivity contribution in [3.05, 3.63) is 95.8 Å². The van der Waals surface area contributed by atoms with Crippen LogP contribution in [0.2, 0.25) is 0 Å². The number of ketones is 1. The third-order valence-electron chi connectivity index (χ3n) is 9.89. The van der Waals surface area contributed by atoms with E-state index in [-0.39, 0.29) is 47.9 Å². The van der Waals surface area contributed by atoms with E-state index >= 15 is 0 Å². The predicted molar refractivity (Wildman–Crippen MR) is 196 cm³/mol. The van der Waals surface area contributed by atoms with E-state index in [4.69, 9.17) is 0 Å². The summed E-state index contributed by atoms with van der Waals surface area (Å²) in [5, 5.41) is 15.9. The summed E-state index contributed by atoms with van der Waals surface area (Å²) in [5.41, 5.74) is 4.76. The molecular weight excluding hydrogens is 777 g/mol. The second kappa shape index (κ2) is 15.8. The fourth-order valence-corrected chi connectivity index (χ4v) is 6.45. The van der Waals surface area contributed by atoms with Gasteiger partial charge in [0, 0.05) is 63.7 Å². The normalized spacial score (nSPS) is 12.4. The molecule has 1 radical (unpaired) electrons. The van der Waals surface area contributed by atoms with Crippen LogP contribution in [-0.2, 0) is 30.3 Å². The Balaban J connectivity index is 0.000000290. The molecular formula is C41H49IrN2O2S-. The zero-order valence-electron chi connectivity index (χ0n) is 29.3. The molecule has 47 heavy (non-hydrogen) atoms. The van der Waals surface area contributed by atoms with Gasteiger partial charge < -0.3 is 5.11 Å². The summed E-state index contributed by atoms with van der Waals surface area (Å²) in [4.78, 5) is 21.3. The number of thiophene rings is 1. The number of aliphatic hydroxyl groups excluding tert-OH is 1. The Morgan fingerprint density at radius 2 is 1.38 bits per heavy atom. The van der Waals surface area contributed by atoms with E-state index in [9.17, 15) is 9.90 Å². The van der Waals surface area contributed by atoms with Gasteiger partial charge in [0.15, 0.2) is 5.78 Å². The van der Waals surface area contributed by atoms with Gasteiger partial charge >= 0.3 is 0 Å². The summed E-state index contributed by atoms with van der Waals surface area (Å²) < 4.78 is 1.27. The van der Waals surface area contributed by atoms with Crippen molar-refractivity contribution in [1.29, 1.82) is 0 Å². The first-order chi connectivity index (χ1) is 21.8. The summed E-state index contributed by atoms with van der Waals surface area (Å²) in [5.74, 6) is 0.286. The van der Waals surface area contributed by atoms with Gasteiger partial charge in [-0.05, 0) is 43.2 Å². The molecule has 5 aromatic rings. The average Bonchev–Trinajstić information content (AvgIpc) is 3.51. The van der Waals surface area contributed by atoms with Gasteiger partial charge in [0.05, 0.1) is 5.69 Å². The minimum atomic E-state index is -0.337. The Kier molecular flexibility index (Phi) is 12.9. The van der Waals surface area contributed by atoms with E-state index < -0.39 is 0 Å². The van der Waals surface area contributed by atoms with Crippen LogP contribution in [0.25, 0.3) is 43.4 Å². The smallest absolute Gasteiger partial charge is 0.164 e. The van der Waals surface area contributed by atoms with Crippen molar-refractivity contribution in [2.24, 2.45) is 10.8 Å². The Hall–Kier alpha value is -3.18. The molecule has 1 N–H and O–H groups in total. The van der Waals surface area contributed by atoms with Gasteiger partial charge in [-0.15, -0.1) is 40.5 Å². The molecule has 2 aromatic heterocycles. The van der Waals surface area contributed by atoms with Gasteiger partial charge in [-0.25, -0.2) is 4.98 Å². The van der Waals surface area contributed by atoms with Crippen LogP contribution in [0.4, 0.5) is 0 Å². The molecule has 0 aliphatic heterocycles. The summed E-state index contributed by atoms with van der Waals surface area (Å²) in [6.07, 6.45) is 6.42. The van der Waals surface area contributed by atoms with Crippen molar-refractivity contribution in [1.82, 2.24) is 9.97 Å². The van der Waals surface area contributed by atoms with Gasteiger partial charge in [0.25, 0.3) is 0 Å². The number of hydrogen-bond donors (Lipinski definition) is 1. The second-order valence-corrected chi connectivity index (χ2v) is 14.7. The second-order valence-electron chi connectivity index (χ2n) is 13.8. The predicted octanol–water partition coefficient (Wildman–Crippen LogP) is 11.9. The molecule has 2 heterocycles. The molecule has 251 valence electrons. The number of carbonyl (C=O) groups is 1. The molecule has 0 unspecified atom stereocenters. The number of aromatic nitrogens is 2. The van der Waals surface area contributed by atoms with Gasteiger partial charge in [-0.2, -0.15) is 0 Å². The molecule has 0 fully saturated rings. The number of hydrogen-bond acceptors (Lipinski definition) is 5. The Bertz CT molecular complexity index is 1840. The number of carbonyl (C=O) groups excluding carboxylic acids is 1. The number of fused-ring (bicyclic) bond motifs is 2. The van der Waals surface area contributed by atoms with Crippen molar-refractivity contribution in [2.45, 2.75) is 93.4 Å². The number of aliphatic hydroxyl groups is 1. The maximum atomic E-state index is 12.2. The van der Waals surface area contributed by atoms with Crippen LogP contribution < -0.4 is 0 Å². The summed E-state index contributed by atoms with van der Waals surface area (Å²) in [7, 11) is 0.